The van der Waals surface area contributed by atoms with Crippen molar-refractivity contribution >= 4 is 5.91 Å². The predicted molar refractivity (Wildman–Crippen MR) is 74.4 cm³/mol. The minimum atomic E-state index is -0.232. The van der Waals surface area contributed by atoms with Gasteiger partial charge in [-0.05, 0) is 11.5 Å². The fourth-order valence-corrected chi connectivity index (χ4v) is 2.40. The van der Waals surface area contributed by atoms with E-state index in [1.807, 2.05) is 30.3 Å². The Labute approximate surface area is 114 Å². The Bertz CT molecular complexity index is 419. The van der Waals surface area contributed by atoms with Gasteiger partial charge in [0.2, 0.25) is 5.91 Å². The molecule has 19 heavy (non-hydrogen) atoms. The standard InChI is InChI=1S/C15H22N2O2/c1-10(2)14(11-6-4-3-5-7-11)17-15(18)12-8-19-9-13(12)16/h3-7,10,12-14H,8-9,16H2,1-2H3,(H,17,18). The molecule has 1 aliphatic heterocycles. The number of nitrogens with two attached hydrogens (primary N) is 1. The first-order chi connectivity index (χ1) is 9.09. The number of carbonyl (C=O) groups excluding carboxylic acids is 1. The molecule has 0 bridgehead atoms. The van der Waals surface area contributed by atoms with Crippen LogP contribution in [0.2, 0.25) is 0 Å². The lowest BCUT2D eigenvalue weighted by molar-refractivity contribution is -0.126. The fourth-order valence-electron chi connectivity index (χ4n) is 2.40. The molecule has 3 N–H and O–H groups in total. The van der Waals surface area contributed by atoms with Gasteiger partial charge in [0.1, 0.15) is 0 Å². The summed E-state index contributed by atoms with van der Waals surface area (Å²) in [6, 6.07) is 9.85. The maximum atomic E-state index is 12.3. The van der Waals surface area contributed by atoms with E-state index in [1.54, 1.807) is 0 Å². The summed E-state index contributed by atoms with van der Waals surface area (Å²) < 4.78 is 5.25. The number of rotatable bonds is 4. The molecule has 0 saturated carbocycles. The van der Waals surface area contributed by atoms with Crippen LogP contribution >= 0.6 is 0 Å². The lowest BCUT2D eigenvalue weighted by Crippen LogP contribution is -2.43. The number of hydrogen-bond donors (Lipinski definition) is 2. The molecule has 1 saturated heterocycles. The Morgan fingerprint density at radius 2 is 2.00 bits per heavy atom. The fraction of sp³-hybridized carbons (Fsp3) is 0.533. The maximum absolute atomic E-state index is 12.3. The molecule has 1 fully saturated rings. The highest BCUT2D eigenvalue weighted by Crippen LogP contribution is 2.23. The molecule has 1 aromatic carbocycles. The van der Waals surface area contributed by atoms with Gasteiger partial charge in [-0.25, -0.2) is 0 Å². The second-order valence-electron chi connectivity index (χ2n) is 5.45. The van der Waals surface area contributed by atoms with Crippen molar-refractivity contribution in [2.75, 3.05) is 13.2 Å². The Hall–Kier alpha value is -1.39. The molecule has 1 heterocycles. The van der Waals surface area contributed by atoms with Crippen molar-refractivity contribution in [3.8, 4) is 0 Å². The van der Waals surface area contributed by atoms with Gasteiger partial charge in [-0.3, -0.25) is 4.79 Å². The molecule has 1 aromatic rings. The molecule has 0 aliphatic carbocycles. The zero-order valence-electron chi connectivity index (χ0n) is 11.5. The lowest BCUT2D eigenvalue weighted by atomic mass is 9.94. The van der Waals surface area contributed by atoms with Crippen LogP contribution in [0.1, 0.15) is 25.5 Å². The monoisotopic (exact) mass is 262 g/mol. The Morgan fingerprint density at radius 3 is 2.53 bits per heavy atom. The first kappa shape index (κ1) is 14.0. The van der Waals surface area contributed by atoms with Crippen molar-refractivity contribution in [2.24, 2.45) is 17.6 Å². The molecule has 0 aromatic heterocycles. The number of carbonyl (C=O) groups is 1. The number of hydrogen-bond acceptors (Lipinski definition) is 3. The Kier molecular flexibility index (Phi) is 4.56. The van der Waals surface area contributed by atoms with E-state index in [0.717, 1.165) is 5.56 Å². The summed E-state index contributed by atoms with van der Waals surface area (Å²) in [5, 5.41) is 3.11. The van der Waals surface area contributed by atoms with Gasteiger partial charge < -0.3 is 15.8 Å². The quantitative estimate of drug-likeness (QED) is 0.863. The summed E-state index contributed by atoms with van der Waals surface area (Å²) in [5.41, 5.74) is 7.01. The van der Waals surface area contributed by atoms with Crippen LogP contribution < -0.4 is 11.1 Å². The third kappa shape index (κ3) is 3.33. The summed E-state index contributed by atoms with van der Waals surface area (Å²) >= 11 is 0. The topological polar surface area (TPSA) is 64.3 Å². The van der Waals surface area contributed by atoms with Crippen LogP contribution in [0.25, 0.3) is 0 Å². The van der Waals surface area contributed by atoms with E-state index in [1.165, 1.54) is 0 Å². The first-order valence-corrected chi connectivity index (χ1v) is 6.78. The third-order valence-electron chi connectivity index (χ3n) is 3.58. The van der Waals surface area contributed by atoms with E-state index in [4.69, 9.17) is 10.5 Å². The summed E-state index contributed by atoms with van der Waals surface area (Å²) in [6.45, 7) is 5.09. The van der Waals surface area contributed by atoms with Crippen LogP contribution in [0.4, 0.5) is 0 Å². The van der Waals surface area contributed by atoms with Crippen LogP contribution in [0.5, 0.6) is 0 Å². The molecular formula is C15H22N2O2. The van der Waals surface area contributed by atoms with Gasteiger partial charge in [-0.2, -0.15) is 0 Å². The van der Waals surface area contributed by atoms with Gasteiger partial charge in [0, 0.05) is 6.04 Å². The van der Waals surface area contributed by atoms with Gasteiger partial charge in [0.25, 0.3) is 0 Å². The van der Waals surface area contributed by atoms with E-state index in [-0.39, 0.29) is 23.9 Å². The smallest absolute Gasteiger partial charge is 0.227 e. The molecule has 3 unspecified atom stereocenters. The molecule has 3 atom stereocenters. The number of amides is 1. The normalized spacial score (nSPS) is 24.4. The second kappa shape index (κ2) is 6.17. The zero-order valence-corrected chi connectivity index (χ0v) is 11.5. The SMILES string of the molecule is CC(C)C(NC(=O)C1COCC1N)c1ccccc1. The summed E-state index contributed by atoms with van der Waals surface area (Å²) in [5.74, 6) is 0.0856. The van der Waals surface area contributed by atoms with Crippen LogP contribution in [0.15, 0.2) is 30.3 Å². The Balaban J connectivity index is 2.07. The van der Waals surface area contributed by atoms with Crippen molar-refractivity contribution in [3.63, 3.8) is 0 Å². The van der Waals surface area contributed by atoms with Gasteiger partial charge in [0.15, 0.2) is 0 Å². The Morgan fingerprint density at radius 1 is 1.32 bits per heavy atom. The maximum Gasteiger partial charge on any atom is 0.227 e. The van der Waals surface area contributed by atoms with Crippen LogP contribution in [0.3, 0.4) is 0 Å². The van der Waals surface area contributed by atoms with Gasteiger partial charge >= 0.3 is 0 Å². The van der Waals surface area contributed by atoms with Crippen molar-refractivity contribution in [2.45, 2.75) is 25.9 Å². The predicted octanol–water partition coefficient (Wildman–Crippen LogP) is 1.47. The molecule has 4 nitrogen and oxygen atoms in total. The van der Waals surface area contributed by atoms with E-state index in [0.29, 0.717) is 19.1 Å². The van der Waals surface area contributed by atoms with Crippen LogP contribution in [0, 0.1) is 11.8 Å². The second-order valence-corrected chi connectivity index (χ2v) is 5.45. The highest BCUT2D eigenvalue weighted by molar-refractivity contribution is 5.80. The molecule has 0 radical (unpaired) electrons. The molecule has 0 spiro atoms. The van der Waals surface area contributed by atoms with Crippen molar-refractivity contribution in [3.05, 3.63) is 35.9 Å². The van der Waals surface area contributed by atoms with E-state index < -0.39 is 0 Å². The van der Waals surface area contributed by atoms with Crippen molar-refractivity contribution in [1.82, 2.24) is 5.32 Å². The summed E-state index contributed by atoms with van der Waals surface area (Å²) in [4.78, 5) is 12.3. The molecule has 1 amide bonds. The first-order valence-electron chi connectivity index (χ1n) is 6.78. The number of benzene rings is 1. The van der Waals surface area contributed by atoms with Crippen LogP contribution in [-0.4, -0.2) is 25.2 Å². The van der Waals surface area contributed by atoms with Gasteiger partial charge in [-0.1, -0.05) is 44.2 Å². The average Bonchev–Trinajstić information content (AvgIpc) is 2.82. The lowest BCUT2D eigenvalue weighted by Gasteiger charge is -2.25. The highest BCUT2D eigenvalue weighted by atomic mass is 16.5. The molecule has 1 aliphatic rings. The van der Waals surface area contributed by atoms with Gasteiger partial charge in [0.05, 0.1) is 25.2 Å². The molecule has 2 rings (SSSR count). The molecular weight excluding hydrogens is 240 g/mol. The van der Waals surface area contributed by atoms with Crippen molar-refractivity contribution < 1.29 is 9.53 Å². The highest BCUT2D eigenvalue weighted by Gasteiger charge is 2.33. The summed E-state index contributed by atoms with van der Waals surface area (Å²) in [7, 11) is 0. The zero-order chi connectivity index (χ0) is 13.8. The van der Waals surface area contributed by atoms with E-state index in [9.17, 15) is 4.79 Å². The van der Waals surface area contributed by atoms with E-state index in [2.05, 4.69) is 19.2 Å². The minimum Gasteiger partial charge on any atom is -0.379 e. The minimum absolute atomic E-state index is 0.00690. The van der Waals surface area contributed by atoms with Crippen molar-refractivity contribution in [1.29, 1.82) is 0 Å². The number of ether oxygens (including phenoxy) is 1. The van der Waals surface area contributed by atoms with Crippen LogP contribution in [-0.2, 0) is 9.53 Å². The van der Waals surface area contributed by atoms with Gasteiger partial charge in [-0.15, -0.1) is 0 Å². The average molecular weight is 262 g/mol. The molecule has 4 heteroatoms. The largest absolute Gasteiger partial charge is 0.379 e. The molecule has 104 valence electrons. The third-order valence-corrected chi connectivity index (χ3v) is 3.58. The van der Waals surface area contributed by atoms with E-state index >= 15 is 0 Å². The summed E-state index contributed by atoms with van der Waals surface area (Å²) in [6.07, 6.45) is 0. The number of nitrogens with one attached hydrogen (secondary N) is 1.